The molecule has 1 fully saturated rings. The molecule has 0 radical (unpaired) electrons. The summed E-state index contributed by atoms with van der Waals surface area (Å²) in [6.07, 6.45) is 7.66. The zero-order valence-electron chi connectivity index (χ0n) is 11.0. The van der Waals surface area contributed by atoms with Gasteiger partial charge in [-0.2, -0.15) is 4.37 Å². The van der Waals surface area contributed by atoms with Gasteiger partial charge in [-0.25, -0.2) is 0 Å². The Hall–Kier alpha value is -1.62. The number of hydrogen-bond donors (Lipinski definition) is 1. The maximum atomic E-state index is 6.04. The van der Waals surface area contributed by atoms with Crippen LogP contribution in [0.1, 0.15) is 19.3 Å². The first-order valence-electron chi connectivity index (χ1n) is 6.62. The number of pyridine rings is 1. The average molecular weight is 274 g/mol. The Morgan fingerprint density at radius 1 is 1.37 bits per heavy atom. The molecule has 3 rings (SSSR count). The minimum Gasteiger partial charge on any atom is -0.382 e. The van der Waals surface area contributed by atoms with Crippen LogP contribution in [0.5, 0.6) is 0 Å². The SMILES string of the molecule is CN(CC1CCC1)c1snc(N)c1-c1ccncc1. The topological polar surface area (TPSA) is 55.0 Å². The van der Waals surface area contributed by atoms with E-state index in [-0.39, 0.29) is 0 Å². The molecule has 100 valence electrons. The van der Waals surface area contributed by atoms with Gasteiger partial charge in [-0.1, -0.05) is 6.42 Å². The summed E-state index contributed by atoms with van der Waals surface area (Å²) in [4.78, 5) is 6.36. The fourth-order valence-electron chi connectivity index (χ4n) is 2.49. The number of nitrogen functional groups attached to an aromatic ring is 1. The Labute approximate surface area is 117 Å². The molecular weight excluding hydrogens is 256 g/mol. The van der Waals surface area contributed by atoms with E-state index < -0.39 is 0 Å². The lowest BCUT2D eigenvalue weighted by Gasteiger charge is -2.30. The van der Waals surface area contributed by atoms with Crippen molar-refractivity contribution in [3.63, 3.8) is 0 Å². The van der Waals surface area contributed by atoms with Gasteiger partial charge >= 0.3 is 0 Å². The summed E-state index contributed by atoms with van der Waals surface area (Å²) in [5.74, 6) is 1.45. The minimum atomic E-state index is 0.617. The molecule has 0 spiro atoms. The normalized spacial score (nSPS) is 15.2. The van der Waals surface area contributed by atoms with E-state index >= 15 is 0 Å². The molecule has 0 aliphatic heterocycles. The van der Waals surface area contributed by atoms with E-state index in [4.69, 9.17) is 5.73 Å². The third-order valence-corrected chi connectivity index (χ3v) is 4.75. The van der Waals surface area contributed by atoms with E-state index in [0.29, 0.717) is 5.82 Å². The van der Waals surface area contributed by atoms with Gasteiger partial charge in [-0.05, 0) is 48.0 Å². The highest BCUT2D eigenvalue weighted by molar-refractivity contribution is 7.11. The van der Waals surface area contributed by atoms with Gasteiger partial charge in [0.05, 0.1) is 5.56 Å². The van der Waals surface area contributed by atoms with Crippen molar-refractivity contribution in [2.45, 2.75) is 19.3 Å². The van der Waals surface area contributed by atoms with Gasteiger partial charge < -0.3 is 10.6 Å². The number of nitrogens with zero attached hydrogens (tertiary/aromatic N) is 3. The predicted molar refractivity (Wildman–Crippen MR) is 80.4 cm³/mol. The molecule has 2 aromatic heterocycles. The summed E-state index contributed by atoms with van der Waals surface area (Å²) in [6.45, 7) is 1.10. The van der Waals surface area contributed by atoms with E-state index in [2.05, 4.69) is 21.3 Å². The minimum absolute atomic E-state index is 0.617. The highest BCUT2D eigenvalue weighted by Crippen LogP contribution is 2.39. The smallest absolute Gasteiger partial charge is 0.147 e. The molecule has 4 nitrogen and oxygen atoms in total. The molecule has 0 amide bonds. The molecular formula is C14H18N4S. The molecule has 0 unspecified atom stereocenters. The van der Waals surface area contributed by atoms with Crippen LogP contribution in [0.2, 0.25) is 0 Å². The fourth-order valence-corrected chi connectivity index (χ4v) is 3.29. The van der Waals surface area contributed by atoms with Gasteiger partial charge in [0, 0.05) is 26.0 Å². The van der Waals surface area contributed by atoms with Crippen molar-refractivity contribution < 1.29 is 0 Å². The number of nitrogens with two attached hydrogens (primary N) is 1. The van der Waals surface area contributed by atoms with E-state index in [9.17, 15) is 0 Å². The van der Waals surface area contributed by atoms with Crippen molar-refractivity contribution in [3.05, 3.63) is 24.5 Å². The zero-order chi connectivity index (χ0) is 13.2. The average Bonchev–Trinajstić information content (AvgIpc) is 2.77. The van der Waals surface area contributed by atoms with Crippen LogP contribution in [-0.2, 0) is 0 Å². The Balaban J connectivity index is 1.89. The molecule has 0 aromatic carbocycles. The quantitative estimate of drug-likeness (QED) is 0.931. The fraction of sp³-hybridized carbons (Fsp3) is 0.429. The second-order valence-electron chi connectivity index (χ2n) is 5.16. The van der Waals surface area contributed by atoms with Gasteiger partial charge in [0.1, 0.15) is 10.8 Å². The first-order valence-corrected chi connectivity index (χ1v) is 7.39. The van der Waals surface area contributed by atoms with Gasteiger partial charge in [0.15, 0.2) is 0 Å². The monoisotopic (exact) mass is 274 g/mol. The lowest BCUT2D eigenvalue weighted by Crippen LogP contribution is -2.29. The molecule has 2 N–H and O–H groups in total. The summed E-state index contributed by atoms with van der Waals surface area (Å²) < 4.78 is 4.32. The third-order valence-electron chi connectivity index (χ3n) is 3.77. The largest absolute Gasteiger partial charge is 0.382 e. The zero-order valence-corrected chi connectivity index (χ0v) is 11.9. The molecule has 2 aromatic rings. The molecule has 2 heterocycles. The van der Waals surface area contributed by atoms with Crippen LogP contribution < -0.4 is 10.6 Å². The second-order valence-corrected chi connectivity index (χ2v) is 5.91. The van der Waals surface area contributed by atoms with Gasteiger partial charge in [0.25, 0.3) is 0 Å². The van der Waals surface area contributed by atoms with Crippen molar-refractivity contribution in [1.82, 2.24) is 9.36 Å². The van der Waals surface area contributed by atoms with Crippen LogP contribution in [0.15, 0.2) is 24.5 Å². The summed E-state index contributed by atoms with van der Waals surface area (Å²) in [5.41, 5.74) is 8.19. The van der Waals surface area contributed by atoms with E-state index in [1.54, 1.807) is 12.4 Å². The highest BCUT2D eigenvalue weighted by Gasteiger charge is 2.23. The van der Waals surface area contributed by atoms with Gasteiger partial charge in [0.2, 0.25) is 0 Å². The predicted octanol–water partition coefficient (Wildman–Crippen LogP) is 3.02. The van der Waals surface area contributed by atoms with Crippen molar-refractivity contribution in [2.24, 2.45) is 5.92 Å². The van der Waals surface area contributed by atoms with E-state index in [0.717, 1.165) is 28.6 Å². The van der Waals surface area contributed by atoms with Crippen molar-refractivity contribution in [3.8, 4) is 11.1 Å². The lowest BCUT2D eigenvalue weighted by atomic mass is 9.85. The summed E-state index contributed by atoms with van der Waals surface area (Å²) >= 11 is 1.49. The van der Waals surface area contributed by atoms with Crippen molar-refractivity contribution in [1.29, 1.82) is 0 Å². The molecule has 5 heteroatoms. The molecule has 0 atom stereocenters. The summed E-state index contributed by atoms with van der Waals surface area (Å²) in [7, 11) is 2.13. The molecule has 0 bridgehead atoms. The summed E-state index contributed by atoms with van der Waals surface area (Å²) in [5, 5.41) is 1.16. The third kappa shape index (κ3) is 2.42. The second kappa shape index (κ2) is 5.17. The van der Waals surface area contributed by atoms with Crippen molar-refractivity contribution in [2.75, 3.05) is 24.2 Å². The van der Waals surface area contributed by atoms with E-state index in [1.165, 1.54) is 30.8 Å². The number of aromatic nitrogens is 2. The number of anilines is 2. The Morgan fingerprint density at radius 3 is 2.74 bits per heavy atom. The van der Waals surface area contributed by atoms with E-state index in [1.807, 2.05) is 12.1 Å². The molecule has 0 saturated heterocycles. The maximum absolute atomic E-state index is 6.04. The van der Waals surface area contributed by atoms with Crippen molar-refractivity contribution >= 4 is 22.4 Å². The van der Waals surface area contributed by atoms with Crippen LogP contribution in [-0.4, -0.2) is 22.9 Å². The first-order chi connectivity index (χ1) is 9.25. The number of rotatable bonds is 4. The standard InChI is InChI=1S/C14H18N4S/c1-18(9-10-3-2-4-10)14-12(13(15)17-19-14)11-5-7-16-8-6-11/h5-8,10H,2-4,9H2,1H3,(H2,15,17). The Morgan fingerprint density at radius 2 is 2.11 bits per heavy atom. The highest BCUT2D eigenvalue weighted by atomic mass is 32.1. The summed E-state index contributed by atoms with van der Waals surface area (Å²) in [6, 6.07) is 3.97. The van der Waals surface area contributed by atoms with Crippen LogP contribution >= 0.6 is 11.5 Å². The molecule has 1 aliphatic rings. The Kier molecular flexibility index (Phi) is 3.38. The molecule has 1 aliphatic carbocycles. The number of hydrogen-bond acceptors (Lipinski definition) is 5. The molecule has 1 saturated carbocycles. The van der Waals surface area contributed by atoms with Crippen LogP contribution in [0.4, 0.5) is 10.8 Å². The maximum Gasteiger partial charge on any atom is 0.147 e. The van der Waals surface area contributed by atoms with Crippen LogP contribution in [0.25, 0.3) is 11.1 Å². The van der Waals surface area contributed by atoms with Gasteiger partial charge in [-0.15, -0.1) is 0 Å². The van der Waals surface area contributed by atoms with Crippen LogP contribution in [0, 0.1) is 5.92 Å². The molecule has 19 heavy (non-hydrogen) atoms. The van der Waals surface area contributed by atoms with Crippen LogP contribution in [0.3, 0.4) is 0 Å². The Bertz CT molecular complexity index is 548. The first kappa shape index (κ1) is 12.4. The van der Waals surface area contributed by atoms with Gasteiger partial charge in [-0.3, -0.25) is 4.98 Å². The lowest BCUT2D eigenvalue weighted by molar-refractivity contribution is 0.322.